The van der Waals surface area contributed by atoms with Crippen molar-refractivity contribution in [2.45, 2.75) is 6.92 Å². The second-order valence-electron chi connectivity index (χ2n) is 1.52. The summed E-state index contributed by atoms with van der Waals surface area (Å²) < 4.78 is 5.35. The third-order valence-corrected chi connectivity index (χ3v) is 1.21. The van der Waals surface area contributed by atoms with Gasteiger partial charge < -0.3 is 4.74 Å². The lowest BCUT2D eigenvalue weighted by Gasteiger charge is -2.11. The summed E-state index contributed by atoms with van der Waals surface area (Å²) in [7, 11) is 1.29. The van der Waals surface area contributed by atoms with E-state index in [1.165, 1.54) is 7.11 Å². The van der Waals surface area contributed by atoms with Crippen molar-refractivity contribution in [2.24, 2.45) is 0 Å². The Bertz CT molecular complexity index is 135. The van der Waals surface area contributed by atoms with E-state index in [-0.39, 0.29) is 0 Å². The van der Waals surface area contributed by atoms with Gasteiger partial charge in [-0.05, 0) is 6.92 Å². The maximum absolute atomic E-state index is 10.5. The second-order valence-corrected chi connectivity index (χ2v) is 1.92. The van der Waals surface area contributed by atoms with E-state index in [0.717, 1.165) is 4.31 Å². The van der Waals surface area contributed by atoms with E-state index in [4.69, 9.17) is 0 Å². The van der Waals surface area contributed by atoms with Gasteiger partial charge in [0.2, 0.25) is 0 Å². The molecular weight excluding hydrogens is 138 g/mol. The van der Waals surface area contributed by atoms with Crippen LogP contribution in [0.15, 0.2) is 12.3 Å². The number of nitrogens with zero attached hydrogens (tertiary/aromatic N) is 1. The lowest BCUT2D eigenvalue weighted by Crippen LogP contribution is -2.18. The topological polar surface area (TPSA) is 29.5 Å². The van der Waals surface area contributed by atoms with Gasteiger partial charge >= 0.3 is 6.09 Å². The molecule has 0 heterocycles. The number of ether oxygens (including phenoxy) is 1. The van der Waals surface area contributed by atoms with E-state index >= 15 is 0 Å². The first kappa shape index (κ1) is 8.36. The summed E-state index contributed by atoms with van der Waals surface area (Å²) in [6.07, 6.45) is -0.522. The van der Waals surface area contributed by atoms with Crippen LogP contribution in [0.1, 0.15) is 6.92 Å². The van der Waals surface area contributed by atoms with Crippen molar-refractivity contribution < 1.29 is 9.53 Å². The molecule has 0 fully saturated rings. The summed E-state index contributed by atoms with van der Waals surface area (Å²) in [5.74, 6) is 0. The molecule has 0 rings (SSSR count). The van der Waals surface area contributed by atoms with Gasteiger partial charge in [-0.25, -0.2) is 9.10 Å². The summed E-state index contributed by atoms with van der Waals surface area (Å²) in [5, 5.41) is 0. The molecule has 1 amide bonds. The van der Waals surface area contributed by atoms with Gasteiger partial charge in [0.15, 0.2) is 0 Å². The van der Waals surface area contributed by atoms with Crippen LogP contribution in [-0.2, 0) is 4.74 Å². The Kier molecular flexibility index (Phi) is 3.16. The number of thiol groups is 1. The Hall–Kier alpha value is -0.640. The Morgan fingerprint density at radius 3 is 2.33 bits per heavy atom. The zero-order chi connectivity index (χ0) is 7.44. The van der Waals surface area contributed by atoms with Gasteiger partial charge in [-0.2, -0.15) is 0 Å². The Labute approximate surface area is 59.8 Å². The van der Waals surface area contributed by atoms with E-state index in [9.17, 15) is 4.79 Å². The highest BCUT2D eigenvalue weighted by atomic mass is 32.1. The zero-order valence-electron chi connectivity index (χ0n) is 5.42. The molecule has 0 bridgehead atoms. The summed E-state index contributed by atoms with van der Waals surface area (Å²) in [6, 6.07) is 0. The van der Waals surface area contributed by atoms with Crippen LogP contribution in [0, 0.1) is 0 Å². The van der Waals surface area contributed by atoms with Gasteiger partial charge in [0, 0.05) is 5.70 Å². The highest BCUT2D eigenvalue weighted by molar-refractivity contribution is 7.78. The predicted molar refractivity (Wildman–Crippen MR) is 38.0 cm³/mol. The van der Waals surface area contributed by atoms with Crippen LogP contribution < -0.4 is 0 Å². The lowest BCUT2D eigenvalue weighted by molar-refractivity contribution is 0.159. The van der Waals surface area contributed by atoms with Crippen LogP contribution in [0.25, 0.3) is 0 Å². The molecule has 4 heteroatoms. The monoisotopic (exact) mass is 147 g/mol. The molecule has 0 aromatic heterocycles. The average molecular weight is 147 g/mol. The van der Waals surface area contributed by atoms with Gasteiger partial charge in [0.1, 0.15) is 0 Å². The number of hydrogen-bond donors (Lipinski definition) is 1. The quantitative estimate of drug-likeness (QED) is 0.568. The third kappa shape index (κ3) is 2.41. The van der Waals surface area contributed by atoms with Gasteiger partial charge in [0.25, 0.3) is 0 Å². The van der Waals surface area contributed by atoms with Crippen LogP contribution in [0.3, 0.4) is 0 Å². The highest BCUT2D eigenvalue weighted by Crippen LogP contribution is 2.04. The van der Waals surface area contributed by atoms with Crippen LogP contribution in [0.4, 0.5) is 4.79 Å². The van der Waals surface area contributed by atoms with E-state index in [1.807, 2.05) is 0 Å². The van der Waals surface area contributed by atoms with Crippen molar-refractivity contribution in [3.63, 3.8) is 0 Å². The number of rotatable bonds is 1. The van der Waals surface area contributed by atoms with E-state index in [1.54, 1.807) is 6.92 Å². The summed E-state index contributed by atoms with van der Waals surface area (Å²) >= 11 is 3.76. The van der Waals surface area contributed by atoms with Crippen molar-refractivity contribution in [1.29, 1.82) is 0 Å². The number of allylic oxidation sites excluding steroid dienone is 1. The minimum atomic E-state index is -0.522. The first-order valence-corrected chi connectivity index (χ1v) is 2.72. The van der Waals surface area contributed by atoms with Crippen LogP contribution in [-0.4, -0.2) is 17.5 Å². The molecule has 0 radical (unpaired) electrons. The normalized spacial score (nSPS) is 8.33. The molecule has 0 aromatic carbocycles. The van der Waals surface area contributed by atoms with Gasteiger partial charge in [-0.1, -0.05) is 19.4 Å². The molecular formula is C5H9NO2S. The summed E-state index contributed by atoms with van der Waals surface area (Å²) in [4.78, 5) is 10.5. The molecule has 0 aliphatic rings. The van der Waals surface area contributed by atoms with Gasteiger partial charge in [-0.3, -0.25) is 0 Å². The molecule has 0 spiro atoms. The first-order chi connectivity index (χ1) is 4.09. The smallest absolute Gasteiger partial charge is 0.423 e. The van der Waals surface area contributed by atoms with Gasteiger partial charge in [0.05, 0.1) is 7.11 Å². The molecule has 0 atom stereocenters. The molecule has 52 valence electrons. The summed E-state index contributed by atoms with van der Waals surface area (Å²) in [6.45, 7) is 5.13. The first-order valence-electron chi connectivity index (χ1n) is 2.32. The number of carbonyl (C=O) groups is 1. The molecule has 0 aliphatic carbocycles. The number of amides is 1. The van der Waals surface area contributed by atoms with Crippen LogP contribution in [0.2, 0.25) is 0 Å². The fourth-order valence-corrected chi connectivity index (χ4v) is 0.324. The fraction of sp³-hybridized carbons (Fsp3) is 0.400. The SMILES string of the molecule is C=C(C)N(S)C(=O)OC. The Balaban J connectivity index is 3.88. The van der Waals surface area contributed by atoms with Crippen molar-refractivity contribution in [1.82, 2.24) is 4.31 Å². The minimum absolute atomic E-state index is 0.522. The minimum Gasteiger partial charge on any atom is -0.452 e. The van der Waals surface area contributed by atoms with E-state index in [2.05, 4.69) is 24.1 Å². The number of methoxy groups -OCH3 is 1. The van der Waals surface area contributed by atoms with E-state index < -0.39 is 6.09 Å². The van der Waals surface area contributed by atoms with Crippen LogP contribution >= 0.6 is 12.8 Å². The Morgan fingerprint density at radius 2 is 2.22 bits per heavy atom. The second kappa shape index (κ2) is 3.40. The molecule has 9 heavy (non-hydrogen) atoms. The maximum atomic E-state index is 10.5. The highest BCUT2D eigenvalue weighted by Gasteiger charge is 2.07. The van der Waals surface area contributed by atoms with Crippen LogP contribution in [0.5, 0.6) is 0 Å². The fourth-order valence-electron chi connectivity index (χ4n) is 0.242. The van der Waals surface area contributed by atoms with Crippen molar-refractivity contribution in [3.8, 4) is 0 Å². The zero-order valence-corrected chi connectivity index (χ0v) is 6.31. The Morgan fingerprint density at radius 1 is 1.78 bits per heavy atom. The predicted octanol–water partition coefficient (Wildman–Crippen LogP) is 1.43. The van der Waals surface area contributed by atoms with Crippen molar-refractivity contribution in [3.05, 3.63) is 12.3 Å². The number of hydrogen-bond acceptors (Lipinski definition) is 3. The van der Waals surface area contributed by atoms with Crippen molar-refractivity contribution in [2.75, 3.05) is 7.11 Å². The van der Waals surface area contributed by atoms with Gasteiger partial charge in [-0.15, -0.1) is 0 Å². The molecule has 0 saturated carbocycles. The largest absolute Gasteiger partial charge is 0.452 e. The average Bonchev–Trinajstić information content (AvgIpc) is 1.84. The summed E-state index contributed by atoms with van der Waals surface area (Å²) in [5.41, 5.74) is 0.533. The third-order valence-electron chi connectivity index (χ3n) is 0.709. The molecule has 0 aliphatic heterocycles. The van der Waals surface area contributed by atoms with E-state index in [0.29, 0.717) is 5.70 Å². The number of carbonyl (C=O) groups excluding carboxylic acids is 1. The maximum Gasteiger partial charge on any atom is 0.423 e. The molecule has 0 aromatic rings. The molecule has 0 saturated heterocycles. The molecule has 0 unspecified atom stereocenters. The van der Waals surface area contributed by atoms with Crippen molar-refractivity contribution >= 4 is 18.9 Å². The lowest BCUT2D eigenvalue weighted by atomic mass is 10.6. The molecule has 0 N–H and O–H groups in total. The molecule has 3 nitrogen and oxygen atoms in total. The standard InChI is InChI=1S/C5H9NO2S/c1-4(2)6(9)5(7)8-3/h9H,1H2,2-3H3.